The fourth-order valence-corrected chi connectivity index (χ4v) is 0.863. The van der Waals surface area contributed by atoms with Crippen molar-refractivity contribution in [3.63, 3.8) is 0 Å². The highest BCUT2D eigenvalue weighted by atomic mass is 16.5. The summed E-state index contributed by atoms with van der Waals surface area (Å²) in [5, 5.41) is 16.2. The minimum absolute atomic E-state index is 0.0435. The molecule has 4 nitrogen and oxygen atoms in total. The van der Waals surface area contributed by atoms with E-state index in [9.17, 15) is 0 Å². The Hall–Kier alpha value is -0.645. The Labute approximate surface area is 106 Å². The van der Waals surface area contributed by atoms with Crippen LogP contribution in [0.5, 0.6) is 0 Å². The van der Waals surface area contributed by atoms with E-state index in [0.29, 0.717) is 0 Å². The van der Waals surface area contributed by atoms with Gasteiger partial charge in [-0.25, -0.2) is 0 Å². The Morgan fingerprint density at radius 3 is 1.76 bits per heavy atom. The van der Waals surface area contributed by atoms with E-state index in [1.807, 2.05) is 20.6 Å². The molecule has 2 atom stereocenters. The van der Waals surface area contributed by atoms with E-state index in [0.717, 1.165) is 12.8 Å². The number of hydrogen-bond donors (Lipinski definition) is 2. The van der Waals surface area contributed by atoms with E-state index in [4.69, 9.17) is 27.6 Å². The van der Waals surface area contributed by atoms with Crippen LogP contribution in [0.3, 0.4) is 0 Å². The standard InChI is InChI=1S/C6H9BO.C3H8O2.C2H6.CH2O/c1-2-5-3-4-6(7)8-5;1-3(2,4)5;2*1-2/h2,5-6H,1,3-4H2;4-5H,1-2H3;1-2H3;1H2/t5-,6-;;;/m1.../s1. The van der Waals surface area contributed by atoms with Crippen LogP contribution in [0.25, 0.3) is 0 Å². The van der Waals surface area contributed by atoms with Crippen molar-refractivity contribution in [1.29, 1.82) is 0 Å². The van der Waals surface area contributed by atoms with Gasteiger partial charge in [0, 0.05) is 6.00 Å². The normalized spacial score (nSPS) is 21.8. The van der Waals surface area contributed by atoms with Crippen LogP contribution in [0.2, 0.25) is 0 Å². The van der Waals surface area contributed by atoms with Gasteiger partial charge < -0.3 is 19.7 Å². The van der Waals surface area contributed by atoms with Gasteiger partial charge in [0.05, 0.1) is 6.10 Å². The molecule has 0 saturated carbocycles. The average molecular weight is 244 g/mol. The number of aliphatic hydroxyl groups is 2. The minimum atomic E-state index is -1.50. The molecule has 1 heterocycles. The zero-order valence-electron chi connectivity index (χ0n) is 11.3. The summed E-state index contributed by atoms with van der Waals surface area (Å²) >= 11 is 0. The zero-order chi connectivity index (χ0) is 14.5. The highest BCUT2D eigenvalue weighted by Gasteiger charge is 2.17. The lowest BCUT2D eigenvalue weighted by Gasteiger charge is -2.03. The predicted octanol–water partition coefficient (Wildman–Crippen LogP) is 1.39. The quantitative estimate of drug-likeness (QED) is 0.415. The van der Waals surface area contributed by atoms with Crippen LogP contribution in [-0.4, -0.2) is 42.7 Å². The van der Waals surface area contributed by atoms with E-state index in [-0.39, 0.29) is 12.1 Å². The second kappa shape index (κ2) is 13.4. The first-order chi connectivity index (χ1) is 7.83. The second-order valence-corrected chi connectivity index (χ2v) is 3.52. The smallest absolute Gasteiger partial charge is 0.156 e. The molecule has 0 unspecified atom stereocenters. The summed E-state index contributed by atoms with van der Waals surface area (Å²) in [7, 11) is 5.43. The maximum absolute atomic E-state index is 8.08. The van der Waals surface area contributed by atoms with Gasteiger partial charge in [-0.3, -0.25) is 0 Å². The van der Waals surface area contributed by atoms with Crippen molar-refractivity contribution in [1.82, 2.24) is 0 Å². The lowest BCUT2D eigenvalue weighted by atomic mass is 9.97. The predicted molar refractivity (Wildman–Crippen MR) is 70.8 cm³/mol. The number of rotatable bonds is 1. The van der Waals surface area contributed by atoms with Crippen LogP contribution in [-0.2, 0) is 9.53 Å². The third-order valence-corrected chi connectivity index (χ3v) is 1.35. The van der Waals surface area contributed by atoms with Gasteiger partial charge in [-0.2, -0.15) is 0 Å². The van der Waals surface area contributed by atoms with Crippen molar-refractivity contribution in [3.05, 3.63) is 12.7 Å². The van der Waals surface area contributed by atoms with E-state index in [1.165, 1.54) is 13.8 Å². The Kier molecular flexibility index (Phi) is 17.1. The largest absolute Gasteiger partial charge is 0.381 e. The van der Waals surface area contributed by atoms with E-state index >= 15 is 0 Å². The average Bonchev–Trinajstić information content (AvgIpc) is 2.68. The fourth-order valence-electron chi connectivity index (χ4n) is 0.863. The van der Waals surface area contributed by atoms with Gasteiger partial charge in [-0.15, -0.1) is 6.58 Å². The molecule has 100 valence electrons. The van der Waals surface area contributed by atoms with Gasteiger partial charge in [0.15, 0.2) is 5.79 Å². The Morgan fingerprint density at radius 2 is 1.65 bits per heavy atom. The van der Waals surface area contributed by atoms with Crippen molar-refractivity contribution >= 4 is 14.6 Å². The minimum Gasteiger partial charge on any atom is -0.381 e. The molecule has 0 spiro atoms. The molecule has 1 aliphatic rings. The van der Waals surface area contributed by atoms with Gasteiger partial charge >= 0.3 is 0 Å². The van der Waals surface area contributed by atoms with E-state index < -0.39 is 5.79 Å². The van der Waals surface area contributed by atoms with E-state index in [2.05, 4.69) is 6.58 Å². The number of carbonyl (C=O) groups excluding carboxylic acids is 1. The first-order valence-corrected chi connectivity index (χ1v) is 5.60. The van der Waals surface area contributed by atoms with Crippen molar-refractivity contribution < 1.29 is 19.7 Å². The number of hydrogen-bond acceptors (Lipinski definition) is 4. The SMILES string of the molecule is C=O.CC.CC(C)(O)O.[B][C@H]1CC[C@@H](C=C)O1. The molecule has 0 bridgehead atoms. The van der Waals surface area contributed by atoms with Crippen molar-refractivity contribution in [2.24, 2.45) is 0 Å². The maximum Gasteiger partial charge on any atom is 0.156 e. The molecule has 0 aromatic heterocycles. The van der Waals surface area contributed by atoms with Crippen LogP contribution < -0.4 is 0 Å². The van der Waals surface area contributed by atoms with Crippen LogP contribution in [0.1, 0.15) is 40.5 Å². The molecule has 2 radical (unpaired) electrons. The molecular weight excluding hydrogens is 219 g/mol. The van der Waals surface area contributed by atoms with Crippen LogP contribution in [0, 0.1) is 0 Å². The Balaban J connectivity index is -0.000000190. The molecule has 1 aliphatic heterocycles. The molecule has 1 saturated heterocycles. The summed E-state index contributed by atoms with van der Waals surface area (Å²) in [4.78, 5) is 8.00. The van der Waals surface area contributed by atoms with E-state index in [1.54, 1.807) is 6.08 Å². The summed E-state index contributed by atoms with van der Waals surface area (Å²) in [5.41, 5.74) is 0. The highest BCUT2D eigenvalue weighted by Crippen LogP contribution is 2.17. The topological polar surface area (TPSA) is 66.8 Å². The molecular formula is C12H25BO4. The molecule has 17 heavy (non-hydrogen) atoms. The van der Waals surface area contributed by atoms with Gasteiger partial charge in [0.1, 0.15) is 14.6 Å². The summed E-state index contributed by atoms with van der Waals surface area (Å²) in [5.74, 6) is -1.50. The monoisotopic (exact) mass is 244 g/mol. The molecule has 2 N–H and O–H groups in total. The lowest BCUT2D eigenvalue weighted by molar-refractivity contribution is -0.127. The Bertz CT molecular complexity index is 162. The molecule has 1 fully saturated rings. The van der Waals surface area contributed by atoms with Crippen molar-refractivity contribution in [2.75, 3.05) is 0 Å². The highest BCUT2D eigenvalue weighted by molar-refractivity contribution is 6.11. The first kappa shape index (κ1) is 21.6. The number of ether oxygens (including phenoxy) is 1. The van der Waals surface area contributed by atoms with Gasteiger partial charge in [0.25, 0.3) is 0 Å². The fraction of sp³-hybridized carbons (Fsp3) is 0.750. The third-order valence-electron chi connectivity index (χ3n) is 1.35. The second-order valence-electron chi connectivity index (χ2n) is 3.52. The van der Waals surface area contributed by atoms with Gasteiger partial charge in [-0.1, -0.05) is 19.9 Å². The molecule has 0 aliphatic carbocycles. The molecule has 1 rings (SSSR count). The Morgan fingerprint density at radius 1 is 1.29 bits per heavy atom. The summed E-state index contributed by atoms with van der Waals surface area (Å²) in [6, 6.07) is -0.0435. The van der Waals surface area contributed by atoms with Crippen LogP contribution in [0.15, 0.2) is 12.7 Å². The summed E-state index contributed by atoms with van der Waals surface area (Å²) in [6.45, 7) is 12.2. The summed E-state index contributed by atoms with van der Waals surface area (Å²) in [6.07, 6.45) is 4.01. The van der Waals surface area contributed by atoms with Gasteiger partial charge in [0.2, 0.25) is 0 Å². The molecule has 5 heteroatoms. The zero-order valence-corrected chi connectivity index (χ0v) is 11.3. The molecule has 0 aromatic carbocycles. The van der Waals surface area contributed by atoms with Crippen LogP contribution >= 0.6 is 0 Å². The first-order valence-electron chi connectivity index (χ1n) is 5.60. The van der Waals surface area contributed by atoms with Crippen molar-refractivity contribution in [2.45, 2.75) is 58.4 Å². The molecule has 0 amide bonds. The van der Waals surface area contributed by atoms with Crippen molar-refractivity contribution in [3.8, 4) is 0 Å². The number of carbonyl (C=O) groups is 1. The van der Waals surface area contributed by atoms with Crippen LogP contribution in [0.4, 0.5) is 0 Å². The molecule has 0 aromatic rings. The summed E-state index contributed by atoms with van der Waals surface area (Å²) < 4.78 is 5.17. The maximum atomic E-state index is 8.08. The van der Waals surface area contributed by atoms with Gasteiger partial charge in [-0.05, 0) is 26.7 Å². The lowest BCUT2D eigenvalue weighted by Crippen LogP contribution is -2.15. The third kappa shape index (κ3) is 25.5.